The Hall–Kier alpha value is -5.19. The van der Waals surface area contributed by atoms with Gasteiger partial charge in [0.25, 0.3) is 0 Å². The summed E-state index contributed by atoms with van der Waals surface area (Å²) in [6.07, 6.45) is 0.459. The maximum Gasteiger partial charge on any atom is 0.490 e. The van der Waals surface area contributed by atoms with Crippen LogP contribution in [-0.2, 0) is 11.2 Å². The number of nitrogens with one attached hydrogen (secondary N) is 4. The standard InChI is InChI=1S/C28H25N5O.C2HF3O2/c34-28-31-18-26(33(28)25-17-30-22-13-6-4-11-20(22)25)27-21-12-5-7-14-23(21)32-24(27)15-8-16-29-19-9-2-1-3-10-19;3-2(4,5)1(6)7/h1-7,9-14,17-18,29-30,32H,8,15-16H2,(H,31,34);(H,6,7). The number of carbonyl (C=O) groups is 1. The van der Waals surface area contributed by atoms with Crippen LogP contribution in [0.1, 0.15) is 12.1 Å². The minimum atomic E-state index is -5.08. The zero-order chi connectivity index (χ0) is 29.0. The number of para-hydroxylation sites is 3. The van der Waals surface area contributed by atoms with Crippen LogP contribution in [-0.4, -0.2) is 43.3 Å². The fraction of sp³-hybridized carbons (Fsp3) is 0.133. The third-order valence-electron chi connectivity index (χ3n) is 6.57. The van der Waals surface area contributed by atoms with E-state index in [0.717, 1.165) is 69.5 Å². The topological polar surface area (TPSA) is 119 Å². The lowest BCUT2D eigenvalue weighted by atomic mass is 10.0. The molecule has 210 valence electrons. The first-order chi connectivity index (χ1) is 19.7. The fourth-order valence-corrected chi connectivity index (χ4v) is 4.76. The minimum Gasteiger partial charge on any atom is -0.475 e. The van der Waals surface area contributed by atoms with Gasteiger partial charge in [0.05, 0.1) is 11.4 Å². The van der Waals surface area contributed by atoms with Crippen LogP contribution in [0, 0.1) is 0 Å². The van der Waals surface area contributed by atoms with Gasteiger partial charge in [-0.2, -0.15) is 13.2 Å². The molecule has 11 heteroatoms. The zero-order valence-corrected chi connectivity index (χ0v) is 21.6. The van der Waals surface area contributed by atoms with Crippen molar-refractivity contribution in [1.82, 2.24) is 19.5 Å². The van der Waals surface area contributed by atoms with E-state index in [9.17, 15) is 18.0 Å². The molecule has 0 radical (unpaired) electrons. The van der Waals surface area contributed by atoms with Crippen molar-refractivity contribution >= 4 is 33.5 Å². The molecule has 0 bridgehead atoms. The van der Waals surface area contributed by atoms with Crippen molar-refractivity contribution < 1.29 is 23.1 Å². The summed E-state index contributed by atoms with van der Waals surface area (Å²) in [5, 5.41) is 12.7. The first-order valence-corrected chi connectivity index (χ1v) is 12.8. The molecular weight excluding hydrogens is 535 g/mol. The number of alkyl halides is 3. The summed E-state index contributed by atoms with van der Waals surface area (Å²) in [6.45, 7) is 0.862. The Kier molecular flexibility index (Phi) is 7.68. The van der Waals surface area contributed by atoms with Crippen LogP contribution in [0.25, 0.3) is 38.8 Å². The molecule has 3 heterocycles. The predicted octanol–water partition coefficient (Wildman–Crippen LogP) is 6.47. The van der Waals surface area contributed by atoms with Gasteiger partial charge in [-0.3, -0.25) is 4.57 Å². The molecule has 0 unspecified atom stereocenters. The van der Waals surface area contributed by atoms with Gasteiger partial charge >= 0.3 is 17.8 Å². The van der Waals surface area contributed by atoms with Crippen LogP contribution < -0.4 is 11.0 Å². The number of imidazole rings is 1. The number of hydrogen-bond acceptors (Lipinski definition) is 3. The summed E-state index contributed by atoms with van der Waals surface area (Å²) >= 11 is 0. The fourth-order valence-electron chi connectivity index (χ4n) is 4.76. The summed E-state index contributed by atoms with van der Waals surface area (Å²) in [4.78, 5) is 31.7. The van der Waals surface area contributed by atoms with Crippen molar-refractivity contribution in [2.24, 2.45) is 0 Å². The number of rotatable bonds is 7. The van der Waals surface area contributed by atoms with Gasteiger partial charge in [-0.15, -0.1) is 0 Å². The third-order valence-corrected chi connectivity index (χ3v) is 6.57. The number of fused-ring (bicyclic) bond motifs is 2. The lowest BCUT2D eigenvalue weighted by molar-refractivity contribution is -0.192. The van der Waals surface area contributed by atoms with E-state index in [4.69, 9.17) is 9.90 Å². The highest BCUT2D eigenvalue weighted by atomic mass is 19.4. The average Bonchev–Trinajstić information content (AvgIpc) is 3.65. The van der Waals surface area contributed by atoms with E-state index >= 15 is 0 Å². The van der Waals surface area contributed by atoms with Gasteiger partial charge in [0, 0.05) is 57.7 Å². The summed E-state index contributed by atoms with van der Waals surface area (Å²) < 4.78 is 33.5. The normalized spacial score (nSPS) is 11.4. The molecule has 0 saturated carbocycles. The second-order valence-electron chi connectivity index (χ2n) is 9.26. The highest BCUT2D eigenvalue weighted by molar-refractivity contribution is 5.98. The molecule has 41 heavy (non-hydrogen) atoms. The number of carboxylic acid groups (broad SMARTS) is 1. The third kappa shape index (κ3) is 5.88. The van der Waals surface area contributed by atoms with Gasteiger partial charge in [0.1, 0.15) is 0 Å². The van der Waals surface area contributed by atoms with E-state index in [1.165, 1.54) is 0 Å². The van der Waals surface area contributed by atoms with Gasteiger partial charge in [0.2, 0.25) is 0 Å². The Morgan fingerprint density at radius 1 is 0.854 bits per heavy atom. The molecule has 5 N–H and O–H groups in total. The van der Waals surface area contributed by atoms with Gasteiger partial charge in [-0.1, -0.05) is 54.6 Å². The molecule has 0 saturated heterocycles. The molecular formula is C30H26F3N5O3. The second-order valence-corrected chi connectivity index (χ2v) is 9.26. The average molecular weight is 562 g/mol. The van der Waals surface area contributed by atoms with E-state index in [2.05, 4.69) is 44.5 Å². The number of aliphatic carboxylic acids is 1. The Morgan fingerprint density at radius 2 is 1.49 bits per heavy atom. The molecule has 0 aliphatic rings. The Bertz CT molecular complexity index is 1850. The summed E-state index contributed by atoms with van der Waals surface area (Å²) in [6, 6.07) is 26.6. The molecule has 0 amide bonds. The molecule has 3 aromatic carbocycles. The van der Waals surface area contributed by atoms with Crippen molar-refractivity contribution in [3.63, 3.8) is 0 Å². The van der Waals surface area contributed by atoms with Crippen LogP contribution in [0.5, 0.6) is 0 Å². The molecule has 0 fully saturated rings. The zero-order valence-electron chi connectivity index (χ0n) is 21.6. The number of H-pyrrole nitrogens is 3. The van der Waals surface area contributed by atoms with Crippen molar-refractivity contribution in [2.75, 3.05) is 11.9 Å². The highest BCUT2D eigenvalue weighted by Gasteiger charge is 2.38. The van der Waals surface area contributed by atoms with Crippen LogP contribution >= 0.6 is 0 Å². The second kappa shape index (κ2) is 11.5. The van der Waals surface area contributed by atoms with Gasteiger partial charge in [-0.25, -0.2) is 9.59 Å². The van der Waals surface area contributed by atoms with Gasteiger partial charge < -0.3 is 25.4 Å². The number of anilines is 1. The summed E-state index contributed by atoms with van der Waals surface area (Å²) in [5.74, 6) is -2.76. The first-order valence-electron chi connectivity index (χ1n) is 12.8. The number of aryl methyl sites for hydroxylation is 1. The lowest BCUT2D eigenvalue weighted by Gasteiger charge is -2.10. The van der Waals surface area contributed by atoms with Crippen molar-refractivity contribution in [2.45, 2.75) is 19.0 Å². The minimum absolute atomic E-state index is 0.151. The van der Waals surface area contributed by atoms with E-state index in [-0.39, 0.29) is 5.69 Å². The number of nitrogens with zero attached hydrogens (tertiary/aromatic N) is 1. The Balaban J connectivity index is 0.000000431. The van der Waals surface area contributed by atoms with Crippen LogP contribution in [0.3, 0.4) is 0 Å². The maximum absolute atomic E-state index is 13.0. The molecule has 3 aromatic heterocycles. The molecule has 0 spiro atoms. The summed E-state index contributed by atoms with van der Waals surface area (Å²) in [5.41, 5.74) is 6.95. The Morgan fingerprint density at radius 3 is 2.20 bits per heavy atom. The number of aromatic nitrogens is 4. The summed E-state index contributed by atoms with van der Waals surface area (Å²) in [7, 11) is 0. The monoisotopic (exact) mass is 561 g/mol. The Labute approximate surface area is 231 Å². The highest BCUT2D eigenvalue weighted by Crippen LogP contribution is 2.35. The molecule has 6 rings (SSSR count). The number of benzene rings is 3. The van der Waals surface area contributed by atoms with Gasteiger partial charge in [0.15, 0.2) is 0 Å². The number of halogens is 3. The van der Waals surface area contributed by atoms with E-state index in [1.54, 1.807) is 4.57 Å². The molecule has 6 aromatic rings. The van der Waals surface area contributed by atoms with Crippen molar-refractivity contribution in [3.05, 3.63) is 107 Å². The first kappa shape index (κ1) is 27.4. The molecule has 0 aliphatic heterocycles. The smallest absolute Gasteiger partial charge is 0.475 e. The predicted molar refractivity (Wildman–Crippen MR) is 152 cm³/mol. The van der Waals surface area contributed by atoms with Crippen LogP contribution in [0.4, 0.5) is 18.9 Å². The van der Waals surface area contributed by atoms with E-state index < -0.39 is 12.1 Å². The number of carboxylic acids is 1. The number of aromatic amines is 3. The van der Waals surface area contributed by atoms with E-state index in [1.807, 2.05) is 67.0 Å². The quantitative estimate of drug-likeness (QED) is 0.144. The lowest BCUT2D eigenvalue weighted by Crippen LogP contribution is -2.21. The van der Waals surface area contributed by atoms with Crippen LogP contribution in [0.2, 0.25) is 0 Å². The largest absolute Gasteiger partial charge is 0.490 e. The van der Waals surface area contributed by atoms with Crippen molar-refractivity contribution in [3.8, 4) is 16.9 Å². The molecule has 8 nitrogen and oxygen atoms in total. The molecule has 0 atom stereocenters. The molecule has 0 aliphatic carbocycles. The van der Waals surface area contributed by atoms with Gasteiger partial charge in [-0.05, 0) is 37.1 Å². The maximum atomic E-state index is 13.0. The SMILES string of the molecule is O=C(O)C(F)(F)F.O=c1[nH]cc(-c2c(CCCNc3ccccc3)[nH]c3ccccc23)n1-c1c[nH]c2ccccc12. The van der Waals surface area contributed by atoms with Crippen molar-refractivity contribution in [1.29, 1.82) is 0 Å². The van der Waals surface area contributed by atoms with E-state index in [0.29, 0.717) is 0 Å². The van der Waals surface area contributed by atoms with Crippen LogP contribution in [0.15, 0.2) is 96.1 Å². The number of hydrogen-bond donors (Lipinski definition) is 5.